The number of aryl methyl sites for hydroxylation is 1. The molecule has 1 atom stereocenters. The summed E-state index contributed by atoms with van der Waals surface area (Å²) in [6, 6.07) is 0. The molecule has 140 valence electrons. The number of carbonyl (C=O) groups is 2. The molecule has 1 saturated heterocycles. The smallest absolute Gasteiger partial charge is 0.358 e. The molecule has 1 N–H and O–H groups in total. The van der Waals surface area contributed by atoms with E-state index in [9.17, 15) is 9.59 Å². The molecule has 0 unspecified atom stereocenters. The Balaban J connectivity index is 1.67. The summed E-state index contributed by atoms with van der Waals surface area (Å²) in [5.41, 5.74) is 0.739. The van der Waals surface area contributed by atoms with Gasteiger partial charge in [0.05, 0.1) is 16.9 Å². The Kier molecular flexibility index (Phi) is 5.36. The lowest BCUT2D eigenvalue weighted by Crippen LogP contribution is -2.41. The first kappa shape index (κ1) is 18.5. The van der Waals surface area contributed by atoms with Crippen LogP contribution in [0.1, 0.15) is 63.5 Å². The molecule has 0 bridgehead atoms. The summed E-state index contributed by atoms with van der Waals surface area (Å²) < 4.78 is 1.55. The average Bonchev–Trinajstić information content (AvgIpc) is 3.21. The second kappa shape index (κ2) is 7.53. The Morgan fingerprint density at radius 2 is 2.19 bits per heavy atom. The summed E-state index contributed by atoms with van der Waals surface area (Å²) in [6.07, 6.45) is 3.34. The van der Waals surface area contributed by atoms with E-state index in [0.29, 0.717) is 19.0 Å². The van der Waals surface area contributed by atoms with Gasteiger partial charge in [-0.25, -0.2) is 9.78 Å². The Hall–Kier alpha value is -2.29. The molecule has 0 saturated carbocycles. The number of nitrogens with zero attached hydrogens (tertiary/aromatic N) is 5. The number of amides is 1. The highest BCUT2D eigenvalue weighted by atomic mass is 32.1. The number of carboxylic acid groups (broad SMARTS) is 1. The second-order valence-electron chi connectivity index (χ2n) is 7.01. The predicted octanol–water partition coefficient (Wildman–Crippen LogP) is 2.42. The molecule has 0 aromatic carbocycles. The monoisotopic (exact) mass is 377 g/mol. The van der Waals surface area contributed by atoms with Crippen molar-refractivity contribution in [3.8, 4) is 0 Å². The molecule has 0 aliphatic carbocycles. The van der Waals surface area contributed by atoms with E-state index in [0.717, 1.165) is 35.0 Å². The van der Waals surface area contributed by atoms with Crippen molar-refractivity contribution in [2.75, 3.05) is 13.1 Å². The van der Waals surface area contributed by atoms with Gasteiger partial charge >= 0.3 is 5.97 Å². The molecule has 1 aliphatic heterocycles. The minimum Gasteiger partial charge on any atom is -0.476 e. The Bertz CT molecular complexity index is 813. The van der Waals surface area contributed by atoms with E-state index < -0.39 is 5.97 Å². The zero-order valence-corrected chi connectivity index (χ0v) is 16.0. The van der Waals surface area contributed by atoms with E-state index in [1.165, 1.54) is 17.5 Å². The molecule has 1 aliphatic rings. The van der Waals surface area contributed by atoms with E-state index in [-0.39, 0.29) is 17.5 Å². The number of likely N-dealkylation sites (tertiary alicyclic amines) is 1. The minimum absolute atomic E-state index is 0.0430. The van der Waals surface area contributed by atoms with Gasteiger partial charge in [-0.3, -0.25) is 9.48 Å². The van der Waals surface area contributed by atoms with Crippen molar-refractivity contribution in [2.45, 2.75) is 46.1 Å². The highest BCUT2D eigenvalue weighted by Gasteiger charge is 2.28. The van der Waals surface area contributed by atoms with E-state index in [1.807, 2.05) is 11.8 Å². The average molecular weight is 377 g/mol. The fraction of sp³-hybridized carbons (Fsp3) is 0.588. The number of hydrogen-bond donors (Lipinski definition) is 1. The molecule has 2 aromatic heterocycles. The van der Waals surface area contributed by atoms with Crippen LogP contribution >= 0.6 is 11.3 Å². The third kappa shape index (κ3) is 3.92. The number of hydrogen-bond acceptors (Lipinski definition) is 6. The molecule has 8 nitrogen and oxygen atoms in total. The van der Waals surface area contributed by atoms with Crippen LogP contribution < -0.4 is 0 Å². The van der Waals surface area contributed by atoms with Crippen LogP contribution in [0.5, 0.6) is 0 Å². The summed E-state index contributed by atoms with van der Waals surface area (Å²) in [5, 5.41) is 17.4. The van der Waals surface area contributed by atoms with Gasteiger partial charge in [-0.2, -0.15) is 0 Å². The standard InChI is InChI=1S/C17H23N5O3S/c1-10(2)15-18-11(3)14(26-15)16(23)21-6-4-5-12(7-21)8-22-9-13(17(24)25)19-20-22/h9-10,12H,4-8H2,1-3H3,(H,24,25)/t12-/m0/s1. The highest BCUT2D eigenvalue weighted by molar-refractivity contribution is 7.13. The van der Waals surface area contributed by atoms with Gasteiger partial charge in [0.15, 0.2) is 5.69 Å². The Morgan fingerprint density at radius 3 is 2.81 bits per heavy atom. The van der Waals surface area contributed by atoms with Crippen molar-refractivity contribution in [3.63, 3.8) is 0 Å². The lowest BCUT2D eigenvalue weighted by atomic mass is 9.98. The first-order chi connectivity index (χ1) is 12.3. The maximum absolute atomic E-state index is 12.9. The van der Waals surface area contributed by atoms with E-state index in [4.69, 9.17) is 5.11 Å². The lowest BCUT2D eigenvalue weighted by molar-refractivity contribution is 0.0662. The molecule has 1 fully saturated rings. The number of rotatable bonds is 5. The largest absolute Gasteiger partial charge is 0.476 e. The molecule has 0 spiro atoms. The van der Waals surface area contributed by atoms with Gasteiger partial charge in [0.25, 0.3) is 5.91 Å². The molecule has 1 amide bonds. The van der Waals surface area contributed by atoms with Crippen LogP contribution in [-0.2, 0) is 6.54 Å². The highest BCUT2D eigenvalue weighted by Crippen LogP contribution is 2.27. The molecular weight excluding hydrogens is 354 g/mol. The van der Waals surface area contributed by atoms with Gasteiger partial charge in [0.1, 0.15) is 4.88 Å². The van der Waals surface area contributed by atoms with Gasteiger partial charge < -0.3 is 10.0 Å². The fourth-order valence-electron chi connectivity index (χ4n) is 3.15. The van der Waals surface area contributed by atoms with Gasteiger partial charge in [-0.1, -0.05) is 19.1 Å². The van der Waals surface area contributed by atoms with Crippen LogP contribution in [0.3, 0.4) is 0 Å². The summed E-state index contributed by atoms with van der Waals surface area (Å²) in [7, 11) is 0. The SMILES string of the molecule is Cc1nc(C(C)C)sc1C(=O)N1CCC[C@H](Cn2cc(C(=O)O)nn2)C1. The number of piperidine rings is 1. The molecule has 3 rings (SSSR count). The summed E-state index contributed by atoms with van der Waals surface area (Å²) in [6.45, 7) is 7.97. The predicted molar refractivity (Wildman–Crippen MR) is 96.5 cm³/mol. The number of aromatic carboxylic acids is 1. The lowest BCUT2D eigenvalue weighted by Gasteiger charge is -2.32. The maximum atomic E-state index is 12.9. The topological polar surface area (TPSA) is 101 Å². The third-order valence-electron chi connectivity index (χ3n) is 4.51. The molecule has 3 heterocycles. The van der Waals surface area contributed by atoms with Crippen molar-refractivity contribution in [1.82, 2.24) is 24.9 Å². The zero-order valence-electron chi connectivity index (χ0n) is 15.2. The van der Waals surface area contributed by atoms with E-state index >= 15 is 0 Å². The molecule has 26 heavy (non-hydrogen) atoms. The van der Waals surface area contributed by atoms with Crippen molar-refractivity contribution in [1.29, 1.82) is 0 Å². The van der Waals surface area contributed by atoms with Crippen molar-refractivity contribution in [2.24, 2.45) is 5.92 Å². The van der Waals surface area contributed by atoms with Gasteiger partial charge in [0.2, 0.25) is 0 Å². The van der Waals surface area contributed by atoms with Gasteiger partial charge in [-0.05, 0) is 25.7 Å². The van der Waals surface area contributed by atoms with E-state index in [1.54, 1.807) is 4.68 Å². The normalized spacial score (nSPS) is 17.7. The minimum atomic E-state index is -1.08. The Labute approximate surface area is 155 Å². The zero-order chi connectivity index (χ0) is 18.8. The summed E-state index contributed by atoms with van der Waals surface area (Å²) in [4.78, 5) is 31.0. The number of aromatic nitrogens is 4. The number of carboxylic acids is 1. The maximum Gasteiger partial charge on any atom is 0.358 e. The van der Waals surface area contributed by atoms with Crippen LogP contribution in [0, 0.1) is 12.8 Å². The number of thiazole rings is 1. The quantitative estimate of drug-likeness (QED) is 0.859. The van der Waals surface area contributed by atoms with Crippen LogP contribution in [0.4, 0.5) is 0 Å². The fourth-order valence-corrected chi connectivity index (χ4v) is 4.19. The van der Waals surface area contributed by atoms with Crippen LogP contribution in [0.15, 0.2) is 6.20 Å². The molecular formula is C17H23N5O3S. The van der Waals surface area contributed by atoms with Crippen LogP contribution in [0.2, 0.25) is 0 Å². The molecule has 2 aromatic rings. The van der Waals surface area contributed by atoms with Gasteiger partial charge in [0, 0.05) is 25.6 Å². The van der Waals surface area contributed by atoms with Gasteiger partial charge in [-0.15, -0.1) is 16.4 Å². The molecule has 9 heteroatoms. The third-order valence-corrected chi connectivity index (χ3v) is 5.96. The summed E-state index contributed by atoms with van der Waals surface area (Å²) in [5.74, 6) is -0.501. The first-order valence-electron chi connectivity index (χ1n) is 8.75. The second-order valence-corrected chi connectivity index (χ2v) is 8.04. The Morgan fingerprint density at radius 1 is 1.42 bits per heavy atom. The van der Waals surface area contributed by atoms with Crippen LogP contribution in [-0.4, -0.2) is 55.0 Å². The van der Waals surface area contributed by atoms with E-state index in [2.05, 4.69) is 29.1 Å². The van der Waals surface area contributed by atoms with Crippen molar-refractivity contribution in [3.05, 3.63) is 27.5 Å². The van der Waals surface area contributed by atoms with Crippen molar-refractivity contribution < 1.29 is 14.7 Å². The number of carbonyl (C=O) groups excluding carboxylic acids is 1. The molecule has 0 radical (unpaired) electrons. The van der Waals surface area contributed by atoms with Crippen molar-refractivity contribution >= 4 is 23.2 Å². The summed E-state index contributed by atoms with van der Waals surface area (Å²) >= 11 is 1.49. The first-order valence-corrected chi connectivity index (χ1v) is 9.56. The van der Waals surface area contributed by atoms with Crippen LogP contribution in [0.25, 0.3) is 0 Å².